The van der Waals surface area contributed by atoms with Crippen molar-refractivity contribution in [2.24, 2.45) is 0 Å². The maximum atomic E-state index is 11.6. The van der Waals surface area contributed by atoms with Gasteiger partial charge >= 0.3 is 5.97 Å². The summed E-state index contributed by atoms with van der Waals surface area (Å²) in [4.78, 5) is 14.7. The summed E-state index contributed by atoms with van der Waals surface area (Å²) in [5.74, 6) is -0.358. The average Bonchev–Trinajstić information content (AvgIpc) is 2.68. The van der Waals surface area contributed by atoms with E-state index in [4.69, 9.17) is 17.0 Å². The largest absolute Gasteiger partial charge is 0.465 e. The van der Waals surface area contributed by atoms with Gasteiger partial charge in [-0.1, -0.05) is 0 Å². The van der Waals surface area contributed by atoms with E-state index in [-0.39, 0.29) is 5.97 Å². The molecule has 0 atom stereocenters. The number of ether oxygens (including phenoxy) is 1. The minimum Gasteiger partial charge on any atom is -0.465 e. The number of aryl methyl sites for hydroxylation is 1. The highest BCUT2D eigenvalue weighted by molar-refractivity contribution is 7.80. The van der Waals surface area contributed by atoms with Crippen molar-refractivity contribution >= 4 is 39.6 Å². The van der Waals surface area contributed by atoms with Gasteiger partial charge in [-0.2, -0.15) is 0 Å². The summed E-state index contributed by atoms with van der Waals surface area (Å²) in [6.45, 7) is 3.57. The fourth-order valence-corrected chi connectivity index (χ4v) is 2.58. The van der Waals surface area contributed by atoms with Crippen LogP contribution in [0.4, 0.5) is 5.00 Å². The number of methoxy groups -OCH3 is 1. The Labute approximate surface area is 122 Å². The number of thiocarbonyl (C=S) groups is 1. The second kappa shape index (κ2) is 7.42. The van der Waals surface area contributed by atoms with Crippen LogP contribution in [0.3, 0.4) is 0 Å². The molecule has 0 saturated carbocycles. The molecule has 0 fully saturated rings. The summed E-state index contributed by atoms with van der Waals surface area (Å²) in [7, 11) is 5.36. The van der Waals surface area contributed by atoms with Gasteiger partial charge < -0.3 is 20.3 Å². The van der Waals surface area contributed by atoms with Gasteiger partial charge in [0.25, 0.3) is 0 Å². The maximum Gasteiger partial charge on any atom is 0.340 e. The molecule has 0 bridgehead atoms. The predicted molar refractivity (Wildman–Crippen MR) is 83.2 cm³/mol. The molecule has 0 aliphatic carbocycles. The van der Waals surface area contributed by atoms with Gasteiger partial charge in [0.15, 0.2) is 5.11 Å². The molecular formula is C12H19N3O2S2. The van der Waals surface area contributed by atoms with Crippen LogP contribution in [-0.4, -0.2) is 50.3 Å². The fourth-order valence-electron chi connectivity index (χ4n) is 1.41. The quantitative estimate of drug-likeness (QED) is 0.638. The van der Waals surface area contributed by atoms with Crippen LogP contribution >= 0.6 is 23.6 Å². The van der Waals surface area contributed by atoms with E-state index in [1.165, 1.54) is 18.4 Å². The minimum atomic E-state index is -0.358. The number of likely N-dealkylation sites (N-methyl/N-ethyl adjacent to an activating group) is 1. The number of hydrogen-bond acceptors (Lipinski definition) is 5. The van der Waals surface area contributed by atoms with Crippen molar-refractivity contribution < 1.29 is 9.53 Å². The summed E-state index contributed by atoms with van der Waals surface area (Å²) in [5, 5.41) is 7.35. The highest BCUT2D eigenvalue weighted by atomic mass is 32.1. The van der Waals surface area contributed by atoms with Gasteiger partial charge in [-0.3, -0.25) is 0 Å². The zero-order valence-electron chi connectivity index (χ0n) is 11.6. The standard InChI is InChI=1S/C12H19N3O2S2/c1-8-7-9(11(16)17-4)10(19-8)14-12(18)13-5-6-15(2)3/h7H,5-6H2,1-4H3,(H2,13,14,18). The molecule has 0 spiro atoms. The van der Waals surface area contributed by atoms with Crippen LogP contribution in [0, 0.1) is 6.92 Å². The lowest BCUT2D eigenvalue weighted by Gasteiger charge is -2.13. The van der Waals surface area contributed by atoms with Crippen molar-refractivity contribution in [3.63, 3.8) is 0 Å². The number of nitrogens with one attached hydrogen (secondary N) is 2. The van der Waals surface area contributed by atoms with E-state index in [9.17, 15) is 4.79 Å². The first-order chi connectivity index (χ1) is 8.93. The van der Waals surface area contributed by atoms with Crippen molar-refractivity contribution in [3.8, 4) is 0 Å². The van der Waals surface area contributed by atoms with E-state index < -0.39 is 0 Å². The summed E-state index contributed by atoms with van der Waals surface area (Å²) in [6.07, 6.45) is 0. The van der Waals surface area contributed by atoms with Crippen LogP contribution in [0.25, 0.3) is 0 Å². The van der Waals surface area contributed by atoms with Crippen molar-refractivity contribution in [2.75, 3.05) is 39.6 Å². The molecule has 106 valence electrons. The topological polar surface area (TPSA) is 53.6 Å². The second-order valence-corrected chi connectivity index (χ2v) is 5.94. The Bertz CT molecular complexity index is 458. The smallest absolute Gasteiger partial charge is 0.340 e. The van der Waals surface area contributed by atoms with E-state index in [0.717, 1.165) is 18.0 Å². The molecule has 0 aliphatic rings. The zero-order chi connectivity index (χ0) is 14.4. The van der Waals surface area contributed by atoms with E-state index in [1.54, 1.807) is 6.07 Å². The van der Waals surface area contributed by atoms with Gasteiger partial charge in [0.1, 0.15) is 5.00 Å². The molecule has 19 heavy (non-hydrogen) atoms. The monoisotopic (exact) mass is 301 g/mol. The molecule has 0 amide bonds. The second-order valence-electron chi connectivity index (χ2n) is 4.28. The molecule has 1 rings (SSSR count). The highest BCUT2D eigenvalue weighted by Gasteiger charge is 2.15. The van der Waals surface area contributed by atoms with Crippen LogP contribution in [0.15, 0.2) is 6.07 Å². The molecule has 1 aromatic heterocycles. The van der Waals surface area contributed by atoms with Crippen molar-refractivity contribution in [2.45, 2.75) is 6.92 Å². The number of carbonyl (C=O) groups excluding carboxylic acids is 1. The van der Waals surface area contributed by atoms with Gasteiger partial charge in [0.2, 0.25) is 0 Å². The van der Waals surface area contributed by atoms with Crippen LogP contribution < -0.4 is 10.6 Å². The molecule has 5 nitrogen and oxygen atoms in total. The molecular weight excluding hydrogens is 282 g/mol. The normalized spacial score (nSPS) is 10.4. The van der Waals surface area contributed by atoms with Crippen LogP contribution in [0.5, 0.6) is 0 Å². The Balaban J connectivity index is 2.61. The molecule has 0 saturated heterocycles. The van der Waals surface area contributed by atoms with Gasteiger partial charge in [-0.15, -0.1) is 11.3 Å². The molecule has 0 unspecified atom stereocenters. The number of nitrogens with zero attached hydrogens (tertiary/aromatic N) is 1. The number of hydrogen-bond donors (Lipinski definition) is 2. The first kappa shape index (κ1) is 15.9. The van der Waals surface area contributed by atoms with Gasteiger partial charge in [0, 0.05) is 18.0 Å². The Morgan fingerprint density at radius 2 is 2.21 bits per heavy atom. The Morgan fingerprint density at radius 1 is 1.53 bits per heavy atom. The molecule has 0 radical (unpaired) electrons. The van der Waals surface area contributed by atoms with Crippen LogP contribution in [-0.2, 0) is 4.74 Å². The number of thiophene rings is 1. The molecule has 1 aromatic rings. The minimum absolute atomic E-state index is 0.358. The van der Waals surface area contributed by atoms with E-state index in [1.807, 2.05) is 21.0 Å². The predicted octanol–water partition coefficient (Wildman–Crippen LogP) is 1.69. The molecule has 7 heteroatoms. The van der Waals surface area contributed by atoms with E-state index >= 15 is 0 Å². The number of rotatable bonds is 5. The highest BCUT2D eigenvalue weighted by Crippen LogP contribution is 2.28. The zero-order valence-corrected chi connectivity index (χ0v) is 13.2. The third-order valence-corrected chi connectivity index (χ3v) is 3.54. The lowest BCUT2D eigenvalue weighted by atomic mass is 10.3. The lowest BCUT2D eigenvalue weighted by molar-refractivity contribution is 0.0602. The van der Waals surface area contributed by atoms with Crippen molar-refractivity contribution in [1.29, 1.82) is 0 Å². The number of carbonyl (C=O) groups is 1. The van der Waals surface area contributed by atoms with Gasteiger partial charge in [-0.25, -0.2) is 4.79 Å². The third-order valence-electron chi connectivity index (χ3n) is 2.33. The number of anilines is 1. The molecule has 1 heterocycles. The van der Waals surface area contributed by atoms with Crippen molar-refractivity contribution in [1.82, 2.24) is 10.2 Å². The van der Waals surface area contributed by atoms with Crippen molar-refractivity contribution in [3.05, 3.63) is 16.5 Å². The Morgan fingerprint density at radius 3 is 2.79 bits per heavy atom. The first-order valence-electron chi connectivity index (χ1n) is 5.82. The average molecular weight is 301 g/mol. The lowest BCUT2D eigenvalue weighted by Crippen LogP contribution is -2.34. The first-order valence-corrected chi connectivity index (χ1v) is 7.05. The maximum absolute atomic E-state index is 11.6. The SMILES string of the molecule is COC(=O)c1cc(C)sc1NC(=S)NCCN(C)C. The van der Waals surface area contributed by atoms with E-state index in [0.29, 0.717) is 15.7 Å². The van der Waals surface area contributed by atoms with Crippen LogP contribution in [0.1, 0.15) is 15.2 Å². The Kier molecular flexibility index (Phi) is 6.20. The van der Waals surface area contributed by atoms with E-state index in [2.05, 4.69) is 15.5 Å². The summed E-state index contributed by atoms with van der Waals surface area (Å²) >= 11 is 6.67. The van der Waals surface area contributed by atoms with Crippen LogP contribution in [0.2, 0.25) is 0 Å². The number of esters is 1. The molecule has 2 N–H and O–H groups in total. The third kappa shape index (κ3) is 5.14. The summed E-state index contributed by atoms with van der Waals surface area (Å²) < 4.78 is 4.74. The summed E-state index contributed by atoms with van der Waals surface area (Å²) in [5.41, 5.74) is 0.516. The fraction of sp³-hybridized carbons (Fsp3) is 0.500. The van der Waals surface area contributed by atoms with Gasteiger partial charge in [0.05, 0.1) is 12.7 Å². The van der Waals surface area contributed by atoms with Gasteiger partial charge in [-0.05, 0) is 39.3 Å². The molecule has 0 aliphatic heterocycles. The Hall–Kier alpha value is -1.18. The summed E-state index contributed by atoms with van der Waals surface area (Å²) in [6, 6.07) is 1.79. The molecule has 0 aromatic carbocycles.